The van der Waals surface area contributed by atoms with E-state index >= 15 is 0 Å². The second-order valence-electron chi connectivity index (χ2n) is 5.87. The molecule has 0 unspecified atom stereocenters. The number of esters is 1. The zero-order chi connectivity index (χ0) is 18.5. The summed E-state index contributed by atoms with van der Waals surface area (Å²) in [4.78, 5) is 17.1. The van der Waals surface area contributed by atoms with Crippen molar-refractivity contribution in [3.8, 4) is 5.75 Å². The van der Waals surface area contributed by atoms with Gasteiger partial charge in [0.05, 0.1) is 5.56 Å². The molecule has 130 valence electrons. The molecule has 0 radical (unpaired) electrons. The third-order valence-corrected chi connectivity index (χ3v) is 4.15. The van der Waals surface area contributed by atoms with Crippen LogP contribution < -0.4 is 10.1 Å². The van der Waals surface area contributed by atoms with E-state index in [0.29, 0.717) is 16.3 Å². The topological polar surface area (TPSA) is 51.2 Å². The van der Waals surface area contributed by atoms with Crippen molar-refractivity contribution in [2.75, 3.05) is 5.32 Å². The molecule has 1 N–H and O–H groups in total. The molecule has 0 amide bonds. The fraction of sp³-hybridized carbons (Fsp3) is 0.0952. The zero-order valence-electron chi connectivity index (χ0n) is 14.5. The van der Waals surface area contributed by atoms with Crippen molar-refractivity contribution in [3.63, 3.8) is 0 Å². The summed E-state index contributed by atoms with van der Waals surface area (Å²) in [7, 11) is 0. The molecule has 0 fully saturated rings. The molecule has 5 heteroatoms. The van der Waals surface area contributed by atoms with Gasteiger partial charge in [-0.2, -0.15) is 0 Å². The Morgan fingerprint density at radius 2 is 1.81 bits per heavy atom. The molecular weight excluding hydrogens is 344 g/mol. The smallest absolute Gasteiger partial charge is 0.343 e. The Morgan fingerprint density at radius 3 is 2.50 bits per heavy atom. The van der Waals surface area contributed by atoms with E-state index in [0.717, 1.165) is 22.5 Å². The van der Waals surface area contributed by atoms with Gasteiger partial charge in [-0.25, -0.2) is 4.79 Å². The normalized spacial score (nSPS) is 10.2. The predicted molar refractivity (Wildman–Crippen MR) is 107 cm³/mol. The first-order valence-electron chi connectivity index (χ1n) is 8.15. The lowest BCUT2D eigenvalue weighted by Gasteiger charge is -2.10. The number of benzene rings is 2. The summed E-state index contributed by atoms with van der Waals surface area (Å²) >= 11 is 5.43. The Kier molecular flexibility index (Phi) is 5.39. The molecule has 0 aliphatic heterocycles. The van der Waals surface area contributed by atoms with Gasteiger partial charge in [0.25, 0.3) is 0 Å². The summed E-state index contributed by atoms with van der Waals surface area (Å²) in [6.45, 7) is 3.86. The average molecular weight is 362 g/mol. The second-order valence-corrected chi connectivity index (χ2v) is 6.28. The number of anilines is 1. The molecule has 3 rings (SSSR count). The SMILES string of the molecule is Cc1cccc(OC(=O)c2ccc(NC(=S)c3cccnc3C)cc2)c1. The van der Waals surface area contributed by atoms with Crippen LogP contribution in [-0.2, 0) is 0 Å². The van der Waals surface area contributed by atoms with Crippen molar-refractivity contribution < 1.29 is 9.53 Å². The Balaban J connectivity index is 1.67. The fourth-order valence-electron chi connectivity index (χ4n) is 2.46. The molecule has 0 aliphatic rings. The Morgan fingerprint density at radius 1 is 1.04 bits per heavy atom. The molecule has 0 saturated carbocycles. The van der Waals surface area contributed by atoms with E-state index in [4.69, 9.17) is 17.0 Å². The van der Waals surface area contributed by atoms with Gasteiger partial charge in [-0.1, -0.05) is 24.4 Å². The number of hydrogen-bond acceptors (Lipinski definition) is 4. The minimum atomic E-state index is -0.396. The van der Waals surface area contributed by atoms with Crippen LogP contribution in [0.4, 0.5) is 5.69 Å². The van der Waals surface area contributed by atoms with Crippen LogP contribution in [0.25, 0.3) is 0 Å². The Labute approximate surface area is 157 Å². The van der Waals surface area contributed by atoms with Crippen molar-refractivity contribution in [3.05, 3.63) is 89.2 Å². The van der Waals surface area contributed by atoms with E-state index in [9.17, 15) is 4.79 Å². The van der Waals surface area contributed by atoms with Crippen LogP contribution in [0.15, 0.2) is 66.9 Å². The number of pyridine rings is 1. The van der Waals surface area contributed by atoms with Crippen molar-refractivity contribution in [2.24, 2.45) is 0 Å². The summed E-state index contributed by atoms with van der Waals surface area (Å²) in [5.41, 5.74) is 4.05. The van der Waals surface area contributed by atoms with Crippen LogP contribution >= 0.6 is 12.2 Å². The van der Waals surface area contributed by atoms with Crippen molar-refractivity contribution in [1.29, 1.82) is 0 Å². The Bertz CT molecular complexity index is 952. The zero-order valence-corrected chi connectivity index (χ0v) is 15.3. The number of ether oxygens (including phenoxy) is 1. The number of nitrogens with one attached hydrogen (secondary N) is 1. The molecule has 0 aliphatic carbocycles. The number of rotatable bonds is 4. The van der Waals surface area contributed by atoms with Crippen LogP contribution in [0.3, 0.4) is 0 Å². The number of carbonyl (C=O) groups excluding carboxylic acids is 1. The summed E-state index contributed by atoms with van der Waals surface area (Å²) in [6.07, 6.45) is 1.73. The van der Waals surface area contributed by atoms with Gasteiger partial charge >= 0.3 is 5.97 Å². The van der Waals surface area contributed by atoms with Gasteiger partial charge in [0.15, 0.2) is 0 Å². The lowest BCUT2D eigenvalue weighted by atomic mass is 10.1. The highest BCUT2D eigenvalue weighted by atomic mass is 32.1. The number of aryl methyl sites for hydroxylation is 2. The first-order valence-corrected chi connectivity index (χ1v) is 8.55. The maximum Gasteiger partial charge on any atom is 0.343 e. The molecule has 0 saturated heterocycles. The predicted octanol–water partition coefficient (Wildman–Crippen LogP) is 4.71. The number of nitrogens with zero attached hydrogens (tertiary/aromatic N) is 1. The van der Waals surface area contributed by atoms with E-state index in [-0.39, 0.29) is 0 Å². The maximum atomic E-state index is 12.2. The molecule has 26 heavy (non-hydrogen) atoms. The van der Waals surface area contributed by atoms with Crippen LogP contribution in [-0.4, -0.2) is 15.9 Å². The van der Waals surface area contributed by atoms with Gasteiger partial charge in [0, 0.05) is 23.1 Å². The molecule has 0 spiro atoms. The van der Waals surface area contributed by atoms with Gasteiger partial charge in [0.2, 0.25) is 0 Å². The lowest BCUT2D eigenvalue weighted by molar-refractivity contribution is 0.0735. The molecule has 0 atom stereocenters. The maximum absolute atomic E-state index is 12.2. The summed E-state index contributed by atoms with van der Waals surface area (Å²) in [5, 5.41) is 3.16. The van der Waals surface area contributed by atoms with E-state index < -0.39 is 5.97 Å². The standard InChI is InChI=1S/C21H18N2O2S/c1-14-5-3-6-18(13-14)25-21(24)16-8-10-17(11-9-16)23-20(26)19-7-4-12-22-15(19)2/h3-13H,1-2H3,(H,23,26). The largest absolute Gasteiger partial charge is 0.423 e. The van der Waals surface area contributed by atoms with E-state index in [1.807, 2.05) is 44.2 Å². The fourth-order valence-corrected chi connectivity index (χ4v) is 2.79. The van der Waals surface area contributed by atoms with E-state index in [1.54, 1.807) is 36.5 Å². The third kappa shape index (κ3) is 4.32. The van der Waals surface area contributed by atoms with Gasteiger partial charge in [-0.3, -0.25) is 4.98 Å². The van der Waals surface area contributed by atoms with Crippen LogP contribution in [0.5, 0.6) is 5.75 Å². The van der Waals surface area contributed by atoms with Gasteiger partial charge in [0.1, 0.15) is 10.7 Å². The minimum absolute atomic E-state index is 0.396. The van der Waals surface area contributed by atoms with Gasteiger partial charge in [-0.05, 0) is 67.9 Å². The number of hydrogen-bond donors (Lipinski definition) is 1. The van der Waals surface area contributed by atoms with Crippen molar-refractivity contribution >= 4 is 28.9 Å². The van der Waals surface area contributed by atoms with Gasteiger partial charge < -0.3 is 10.1 Å². The third-order valence-electron chi connectivity index (χ3n) is 3.83. The second kappa shape index (κ2) is 7.89. The average Bonchev–Trinajstić information content (AvgIpc) is 2.62. The van der Waals surface area contributed by atoms with Gasteiger partial charge in [-0.15, -0.1) is 0 Å². The van der Waals surface area contributed by atoms with E-state index in [2.05, 4.69) is 10.3 Å². The molecule has 1 aromatic heterocycles. The molecule has 0 bridgehead atoms. The van der Waals surface area contributed by atoms with Crippen molar-refractivity contribution in [1.82, 2.24) is 4.98 Å². The van der Waals surface area contributed by atoms with E-state index in [1.165, 1.54) is 0 Å². The summed E-state index contributed by atoms with van der Waals surface area (Å²) in [6, 6.07) is 18.2. The number of aromatic nitrogens is 1. The molecular formula is C21H18N2O2S. The number of thiocarbonyl (C=S) groups is 1. The number of carbonyl (C=O) groups is 1. The quantitative estimate of drug-likeness (QED) is 0.414. The highest BCUT2D eigenvalue weighted by Crippen LogP contribution is 2.17. The molecule has 4 nitrogen and oxygen atoms in total. The first-order chi connectivity index (χ1) is 12.5. The minimum Gasteiger partial charge on any atom is -0.423 e. The highest BCUT2D eigenvalue weighted by molar-refractivity contribution is 7.81. The summed E-state index contributed by atoms with van der Waals surface area (Å²) < 4.78 is 5.39. The van der Waals surface area contributed by atoms with Crippen molar-refractivity contribution in [2.45, 2.75) is 13.8 Å². The highest BCUT2D eigenvalue weighted by Gasteiger charge is 2.10. The first kappa shape index (κ1) is 17.8. The Hall–Kier alpha value is -3.05. The van der Waals surface area contributed by atoms with Crippen LogP contribution in [0.1, 0.15) is 27.2 Å². The molecule has 3 aromatic rings. The lowest BCUT2D eigenvalue weighted by Crippen LogP contribution is -2.13. The van der Waals surface area contributed by atoms with Crippen LogP contribution in [0, 0.1) is 13.8 Å². The molecule has 2 aromatic carbocycles. The summed E-state index contributed by atoms with van der Waals surface area (Å²) in [5.74, 6) is 0.137. The van der Waals surface area contributed by atoms with Crippen LogP contribution in [0.2, 0.25) is 0 Å². The molecule has 1 heterocycles. The monoisotopic (exact) mass is 362 g/mol.